The normalized spacial score (nSPS) is 10.4. The van der Waals surface area contributed by atoms with Crippen molar-refractivity contribution in [3.05, 3.63) is 60.2 Å². The molecular formula is C16H17N3O3. The zero-order valence-electron chi connectivity index (χ0n) is 11.9. The summed E-state index contributed by atoms with van der Waals surface area (Å²) < 4.78 is 11.2. The molecule has 0 aromatic heterocycles. The molecule has 114 valence electrons. The second-order valence-corrected chi connectivity index (χ2v) is 4.28. The van der Waals surface area contributed by atoms with Crippen LogP contribution >= 0.6 is 0 Å². The average Bonchev–Trinajstić information content (AvgIpc) is 2.53. The average molecular weight is 299 g/mol. The molecule has 0 aliphatic rings. The number of rotatable bonds is 7. The minimum Gasteiger partial charge on any atom is -0.490 e. The Morgan fingerprint density at radius 1 is 1.05 bits per heavy atom. The molecule has 0 aliphatic heterocycles. The summed E-state index contributed by atoms with van der Waals surface area (Å²) in [5.41, 5.74) is 7.81. The predicted molar refractivity (Wildman–Crippen MR) is 84.2 cm³/mol. The maximum Gasteiger partial charge on any atom is 0.332 e. The Bertz CT molecular complexity index is 630. The third kappa shape index (κ3) is 5.16. The first-order chi connectivity index (χ1) is 10.8. The highest BCUT2D eigenvalue weighted by Gasteiger charge is 2.01. The van der Waals surface area contributed by atoms with E-state index in [0.717, 1.165) is 11.3 Å². The predicted octanol–water partition coefficient (Wildman–Crippen LogP) is 2.15. The summed E-state index contributed by atoms with van der Waals surface area (Å²) in [5.74, 6) is 1.45. The van der Waals surface area contributed by atoms with Gasteiger partial charge in [-0.1, -0.05) is 30.3 Å². The molecule has 2 aromatic carbocycles. The Hall–Kier alpha value is -3.02. The first-order valence-electron chi connectivity index (χ1n) is 6.74. The molecule has 0 unspecified atom stereocenters. The third-order valence-corrected chi connectivity index (χ3v) is 2.65. The van der Waals surface area contributed by atoms with Crippen molar-refractivity contribution in [3.63, 3.8) is 0 Å². The van der Waals surface area contributed by atoms with Gasteiger partial charge in [-0.15, -0.1) is 0 Å². The maximum atomic E-state index is 10.6. The van der Waals surface area contributed by atoms with Crippen LogP contribution in [0.2, 0.25) is 0 Å². The minimum atomic E-state index is -0.717. The molecule has 2 rings (SSSR count). The maximum absolute atomic E-state index is 10.6. The molecule has 3 N–H and O–H groups in total. The minimum absolute atomic E-state index is 0.392. The zero-order valence-corrected chi connectivity index (χ0v) is 11.9. The SMILES string of the molecule is NC(=O)N/N=C\c1ccccc1OCCOc1ccccc1. The van der Waals surface area contributed by atoms with Gasteiger partial charge in [-0.3, -0.25) is 0 Å². The lowest BCUT2D eigenvalue weighted by molar-refractivity contribution is 0.217. The van der Waals surface area contributed by atoms with Gasteiger partial charge in [0.1, 0.15) is 24.7 Å². The Morgan fingerprint density at radius 3 is 2.50 bits per heavy atom. The number of hydrogen-bond acceptors (Lipinski definition) is 4. The fraction of sp³-hybridized carbons (Fsp3) is 0.125. The first-order valence-corrected chi connectivity index (χ1v) is 6.74. The fourth-order valence-corrected chi connectivity index (χ4v) is 1.71. The lowest BCUT2D eigenvalue weighted by atomic mass is 10.2. The quantitative estimate of drug-likeness (QED) is 0.466. The van der Waals surface area contributed by atoms with Gasteiger partial charge in [-0.2, -0.15) is 5.10 Å². The topological polar surface area (TPSA) is 85.9 Å². The number of carbonyl (C=O) groups is 1. The number of amides is 2. The zero-order chi connectivity index (χ0) is 15.6. The van der Waals surface area contributed by atoms with E-state index in [2.05, 4.69) is 10.5 Å². The van der Waals surface area contributed by atoms with Crippen LogP contribution in [0.25, 0.3) is 0 Å². The summed E-state index contributed by atoms with van der Waals surface area (Å²) >= 11 is 0. The van der Waals surface area contributed by atoms with Crippen LogP contribution in [0.5, 0.6) is 11.5 Å². The van der Waals surface area contributed by atoms with Crippen molar-refractivity contribution in [1.82, 2.24) is 5.43 Å². The van der Waals surface area contributed by atoms with Crippen LogP contribution < -0.4 is 20.6 Å². The highest BCUT2D eigenvalue weighted by molar-refractivity contribution is 5.84. The number of urea groups is 1. The van der Waals surface area contributed by atoms with Gasteiger partial charge < -0.3 is 15.2 Å². The number of primary amides is 1. The largest absolute Gasteiger partial charge is 0.490 e. The molecule has 2 amide bonds. The van der Waals surface area contributed by atoms with Gasteiger partial charge in [0.25, 0.3) is 0 Å². The number of ether oxygens (including phenoxy) is 2. The molecule has 22 heavy (non-hydrogen) atoms. The lowest BCUT2D eigenvalue weighted by Gasteiger charge is -2.10. The molecule has 0 saturated heterocycles. The summed E-state index contributed by atoms with van der Waals surface area (Å²) in [7, 11) is 0. The summed E-state index contributed by atoms with van der Waals surface area (Å²) in [4.78, 5) is 10.6. The Balaban J connectivity index is 1.84. The summed E-state index contributed by atoms with van der Waals surface area (Å²) in [6.45, 7) is 0.817. The first kappa shape index (κ1) is 15.4. The monoisotopic (exact) mass is 299 g/mol. The molecule has 0 atom stereocenters. The molecule has 0 fully saturated rings. The molecule has 0 radical (unpaired) electrons. The van der Waals surface area contributed by atoms with Gasteiger partial charge in [-0.25, -0.2) is 10.2 Å². The Kier molecular flexibility index (Phi) is 5.80. The summed E-state index contributed by atoms with van der Waals surface area (Å²) in [6.07, 6.45) is 1.47. The molecule has 0 saturated carbocycles. The van der Waals surface area contributed by atoms with E-state index >= 15 is 0 Å². The highest BCUT2D eigenvalue weighted by Crippen LogP contribution is 2.16. The molecule has 2 aromatic rings. The summed E-state index contributed by atoms with van der Waals surface area (Å²) in [5, 5.41) is 3.72. The van der Waals surface area contributed by atoms with Crippen LogP contribution in [0, 0.1) is 0 Å². The van der Waals surface area contributed by atoms with Crippen molar-refractivity contribution in [2.24, 2.45) is 10.8 Å². The number of hydrogen-bond donors (Lipinski definition) is 2. The van der Waals surface area contributed by atoms with E-state index in [1.54, 1.807) is 0 Å². The second kappa shape index (κ2) is 8.31. The van der Waals surface area contributed by atoms with E-state index in [9.17, 15) is 4.79 Å². The van der Waals surface area contributed by atoms with E-state index in [-0.39, 0.29) is 0 Å². The van der Waals surface area contributed by atoms with Crippen molar-refractivity contribution < 1.29 is 14.3 Å². The van der Waals surface area contributed by atoms with E-state index in [1.165, 1.54) is 6.21 Å². The molecule has 0 heterocycles. The summed E-state index contributed by atoms with van der Waals surface area (Å²) in [6, 6.07) is 16.1. The third-order valence-electron chi connectivity index (χ3n) is 2.65. The number of nitrogens with two attached hydrogens (primary N) is 1. The molecule has 0 spiro atoms. The number of carbonyl (C=O) groups excluding carboxylic acids is 1. The number of nitrogens with zero attached hydrogens (tertiary/aromatic N) is 1. The van der Waals surface area contributed by atoms with E-state index in [1.807, 2.05) is 54.6 Å². The van der Waals surface area contributed by atoms with Crippen LogP contribution in [0.15, 0.2) is 59.7 Å². The van der Waals surface area contributed by atoms with E-state index in [0.29, 0.717) is 19.0 Å². The fourth-order valence-electron chi connectivity index (χ4n) is 1.71. The number of para-hydroxylation sites is 2. The smallest absolute Gasteiger partial charge is 0.332 e. The molecular weight excluding hydrogens is 282 g/mol. The van der Waals surface area contributed by atoms with Gasteiger partial charge in [0.15, 0.2) is 0 Å². The molecule has 6 nitrogen and oxygen atoms in total. The van der Waals surface area contributed by atoms with Gasteiger partial charge in [-0.05, 0) is 24.3 Å². The standard InChI is InChI=1S/C16H17N3O3/c17-16(20)19-18-12-13-6-4-5-9-15(13)22-11-10-21-14-7-2-1-3-8-14/h1-9,12H,10-11H2,(H3,17,19,20)/b18-12-. The lowest BCUT2D eigenvalue weighted by Crippen LogP contribution is -2.24. The highest BCUT2D eigenvalue weighted by atomic mass is 16.5. The number of benzene rings is 2. The van der Waals surface area contributed by atoms with Gasteiger partial charge in [0, 0.05) is 5.56 Å². The van der Waals surface area contributed by atoms with E-state index < -0.39 is 6.03 Å². The van der Waals surface area contributed by atoms with Crippen molar-refractivity contribution in [2.75, 3.05) is 13.2 Å². The van der Waals surface area contributed by atoms with Crippen LogP contribution in [0.1, 0.15) is 5.56 Å². The van der Waals surface area contributed by atoms with Crippen molar-refractivity contribution in [1.29, 1.82) is 0 Å². The van der Waals surface area contributed by atoms with Gasteiger partial charge in [0.05, 0.1) is 6.21 Å². The van der Waals surface area contributed by atoms with E-state index in [4.69, 9.17) is 15.2 Å². The van der Waals surface area contributed by atoms with Crippen LogP contribution in [0.4, 0.5) is 4.79 Å². The Morgan fingerprint density at radius 2 is 1.73 bits per heavy atom. The van der Waals surface area contributed by atoms with Crippen molar-refractivity contribution >= 4 is 12.2 Å². The van der Waals surface area contributed by atoms with Crippen molar-refractivity contribution in [2.45, 2.75) is 0 Å². The second-order valence-electron chi connectivity index (χ2n) is 4.28. The molecule has 0 aliphatic carbocycles. The number of nitrogens with one attached hydrogen (secondary N) is 1. The van der Waals surface area contributed by atoms with Gasteiger partial charge in [0.2, 0.25) is 0 Å². The van der Waals surface area contributed by atoms with Crippen LogP contribution in [0.3, 0.4) is 0 Å². The molecule has 0 bridgehead atoms. The van der Waals surface area contributed by atoms with Crippen LogP contribution in [-0.2, 0) is 0 Å². The molecule has 6 heteroatoms. The van der Waals surface area contributed by atoms with Crippen molar-refractivity contribution in [3.8, 4) is 11.5 Å². The Labute approximate surface area is 128 Å². The number of hydrazone groups is 1. The van der Waals surface area contributed by atoms with Crippen LogP contribution in [-0.4, -0.2) is 25.5 Å². The van der Waals surface area contributed by atoms with Gasteiger partial charge >= 0.3 is 6.03 Å².